The Kier molecular flexibility index (Phi) is 2.96. The second-order valence-corrected chi connectivity index (χ2v) is 9.18. The first-order chi connectivity index (χ1) is 11.9. The van der Waals surface area contributed by atoms with Crippen LogP contribution in [0.15, 0.2) is 59.8 Å². The first-order valence-corrected chi connectivity index (χ1v) is 10.3. The van der Waals surface area contributed by atoms with Gasteiger partial charge in [-0.25, -0.2) is 0 Å². The van der Waals surface area contributed by atoms with Gasteiger partial charge < -0.3 is 0 Å². The van der Waals surface area contributed by atoms with Crippen LogP contribution < -0.4 is 0 Å². The maximum absolute atomic E-state index is 2.65. The fraction of sp³-hybridized carbons (Fsp3) is 0.583. The first kappa shape index (κ1) is 13.9. The highest BCUT2D eigenvalue weighted by Gasteiger charge is 2.51. The minimum Gasteiger partial charge on any atom is -0.0808 e. The van der Waals surface area contributed by atoms with Gasteiger partial charge in [-0.1, -0.05) is 54.2 Å². The molecule has 3 saturated carbocycles. The van der Waals surface area contributed by atoms with E-state index < -0.39 is 0 Å². The zero-order chi connectivity index (χ0) is 15.7. The van der Waals surface area contributed by atoms with Crippen LogP contribution in [0.25, 0.3) is 0 Å². The van der Waals surface area contributed by atoms with E-state index in [1.54, 1.807) is 11.1 Å². The molecule has 3 fully saturated rings. The van der Waals surface area contributed by atoms with Crippen molar-refractivity contribution in [3.8, 4) is 0 Å². The van der Waals surface area contributed by atoms with Crippen LogP contribution >= 0.6 is 0 Å². The van der Waals surface area contributed by atoms with E-state index in [9.17, 15) is 0 Å². The highest BCUT2D eigenvalue weighted by molar-refractivity contribution is 5.38. The smallest absolute Gasteiger partial charge is 0.00650 e. The van der Waals surface area contributed by atoms with Gasteiger partial charge in [-0.3, -0.25) is 0 Å². The third-order valence-corrected chi connectivity index (χ3v) is 8.46. The Morgan fingerprint density at radius 3 is 2.38 bits per heavy atom. The topological polar surface area (TPSA) is 0 Å². The molecule has 0 heteroatoms. The zero-order valence-corrected chi connectivity index (χ0v) is 14.5. The molecule has 0 radical (unpaired) electrons. The molecule has 0 aromatic heterocycles. The molecule has 0 bridgehead atoms. The van der Waals surface area contributed by atoms with E-state index >= 15 is 0 Å². The van der Waals surface area contributed by atoms with Crippen molar-refractivity contribution in [2.45, 2.75) is 38.5 Å². The minimum atomic E-state index is 0.843. The number of hydrogen-bond acceptors (Lipinski definition) is 0. The molecule has 0 nitrogen and oxygen atoms in total. The predicted molar refractivity (Wildman–Crippen MR) is 99.2 cm³/mol. The van der Waals surface area contributed by atoms with Crippen molar-refractivity contribution in [2.24, 2.45) is 47.3 Å². The minimum absolute atomic E-state index is 0.843. The lowest BCUT2D eigenvalue weighted by Gasteiger charge is -2.46. The van der Waals surface area contributed by atoms with Gasteiger partial charge in [-0.15, -0.1) is 0 Å². The SMILES string of the molecule is C1=CC2CC[C@H]3C(C4CCC5=CC=C[C@@H]6CCC4C56)C=CC(=C1)C23. The second kappa shape index (κ2) is 5.10. The average Bonchev–Trinajstić information content (AvgIpc) is 3.24. The van der Waals surface area contributed by atoms with Crippen molar-refractivity contribution < 1.29 is 0 Å². The fourth-order valence-electron chi connectivity index (χ4n) is 7.63. The Labute approximate surface area is 146 Å². The monoisotopic (exact) mass is 316 g/mol. The van der Waals surface area contributed by atoms with Crippen molar-refractivity contribution in [1.29, 1.82) is 0 Å². The molecule has 6 unspecified atom stereocenters. The van der Waals surface area contributed by atoms with Gasteiger partial charge in [0.15, 0.2) is 0 Å². The van der Waals surface area contributed by atoms with E-state index in [0.717, 1.165) is 47.3 Å². The molecule has 0 heterocycles. The molecule has 0 amide bonds. The van der Waals surface area contributed by atoms with Crippen LogP contribution in [0.3, 0.4) is 0 Å². The van der Waals surface area contributed by atoms with E-state index in [-0.39, 0.29) is 0 Å². The summed E-state index contributed by atoms with van der Waals surface area (Å²) in [5.41, 5.74) is 3.44. The predicted octanol–water partition coefficient (Wildman–Crippen LogP) is 5.86. The summed E-state index contributed by atoms with van der Waals surface area (Å²) in [6, 6.07) is 0. The molecule has 6 aliphatic rings. The van der Waals surface area contributed by atoms with Crippen LogP contribution in [0.4, 0.5) is 0 Å². The molecule has 6 rings (SSSR count). The average molecular weight is 316 g/mol. The van der Waals surface area contributed by atoms with Crippen molar-refractivity contribution in [3.63, 3.8) is 0 Å². The summed E-state index contributed by atoms with van der Waals surface area (Å²) in [6.07, 6.45) is 28.4. The summed E-state index contributed by atoms with van der Waals surface area (Å²) >= 11 is 0. The number of rotatable bonds is 1. The number of allylic oxidation sites excluding steroid dienone is 10. The van der Waals surface area contributed by atoms with Gasteiger partial charge in [0, 0.05) is 0 Å². The van der Waals surface area contributed by atoms with Crippen molar-refractivity contribution in [2.75, 3.05) is 0 Å². The zero-order valence-electron chi connectivity index (χ0n) is 14.5. The van der Waals surface area contributed by atoms with E-state index in [2.05, 4.69) is 48.6 Å². The van der Waals surface area contributed by atoms with Crippen molar-refractivity contribution in [1.82, 2.24) is 0 Å². The van der Waals surface area contributed by atoms with Gasteiger partial charge in [0.1, 0.15) is 0 Å². The Hall–Kier alpha value is -1.30. The van der Waals surface area contributed by atoms with Crippen molar-refractivity contribution in [3.05, 3.63) is 59.8 Å². The maximum Gasteiger partial charge on any atom is -0.00650 e. The molecule has 0 saturated heterocycles. The summed E-state index contributed by atoms with van der Waals surface area (Å²) < 4.78 is 0. The summed E-state index contributed by atoms with van der Waals surface area (Å²) in [6.45, 7) is 0. The largest absolute Gasteiger partial charge is 0.0808 e. The van der Waals surface area contributed by atoms with Gasteiger partial charge in [0.2, 0.25) is 0 Å². The normalized spacial score (nSPS) is 50.3. The van der Waals surface area contributed by atoms with Gasteiger partial charge >= 0.3 is 0 Å². The molecule has 0 aromatic rings. The molecule has 124 valence electrons. The van der Waals surface area contributed by atoms with E-state index in [1.165, 1.54) is 38.5 Å². The Morgan fingerprint density at radius 2 is 1.46 bits per heavy atom. The molecule has 24 heavy (non-hydrogen) atoms. The number of hydrogen-bond donors (Lipinski definition) is 0. The quantitative estimate of drug-likeness (QED) is 0.568. The highest BCUT2D eigenvalue weighted by atomic mass is 14.6. The lowest BCUT2D eigenvalue weighted by atomic mass is 9.58. The molecule has 6 aliphatic carbocycles. The summed E-state index contributed by atoms with van der Waals surface area (Å²) in [7, 11) is 0. The molecular weight excluding hydrogens is 288 g/mol. The van der Waals surface area contributed by atoms with Crippen LogP contribution in [0, 0.1) is 47.3 Å². The van der Waals surface area contributed by atoms with Crippen molar-refractivity contribution >= 4 is 0 Å². The lowest BCUT2D eigenvalue weighted by Crippen LogP contribution is -2.39. The Balaban J connectivity index is 1.35. The van der Waals surface area contributed by atoms with Crippen LogP contribution in [0.5, 0.6) is 0 Å². The third-order valence-electron chi connectivity index (χ3n) is 8.46. The summed E-state index contributed by atoms with van der Waals surface area (Å²) in [5.74, 6) is 7.19. The van der Waals surface area contributed by atoms with Crippen LogP contribution in [0.2, 0.25) is 0 Å². The van der Waals surface area contributed by atoms with Crippen LogP contribution in [-0.4, -0.2) is 0 Å². The van der Waals surface area contributed by atoms with E-state index in [4.69, 9.17) is 0 Å². The summed E-state index contributed by atoms with van der Waals surface area (Å²) in [4.78, 5) is 0. The van der Waals surface area contributed by atoms with Gasteiger partial charge in [-0.05, 0) is 91.4 Å². The second-order valence-electron chi connectivity index (χ2n) is 9.18. The third kappa shape index (κ3) is 1.81. The van der Waals surface area contributed by atoms with Gasteiger partial charge in [-0.2, -0.15) is 0 Å². The standard InChI is InChI=1S/C24H28/c1-3-15-7-11-19(21-13-9-17(5-1)23(15)21)20-12-8-16-4-2-6-18-10-14-22(20)24(16)18/h1-7,11,17-24H,8-10,12-14H2/t17?,18-,19?,20?,21+,22?,23?,24?/m1/s1. The maximum atomic E-state index is 2.65. The molecular formula is C24H28. The molecule has 0 aliphatic heterocycles. The molecule has 0 spiro atoms. The first-order valence-electron chi connectivity index (χ1n) is 10.3. The molecule has 0 N–H and O–H groups in total. The Morgan fingerprint density at radius 1 is 0.667 bits per heavy atom. The van der Waals surface area contributed by atoms with Gasteiger partial charge in [0.05, 0.1) is 0 Å². The van der Waals surface area contributed by atoms with E-state index in [0.29, 0.717) is 0 Å². The van der Waals surface area contributed by atoms with Crippen LogP contribution in [0.1, 0.15) is 38.5 Å². The fourth-order valence-corrected chi connectivity index (χ4v) is 7.63. The highest BCUT2D eigenvalue weighted by Crippen LogP contribution is 2.59. The van der Waals surface area contributed by atoms with Crippen LogP contribution in [-0.2, 0) is 0 Å². The summed E-state index contributed by atoms with van der Waals surface area (Å²) in [5, 5.41) is 0. The lowest BCUT2D eigenvalue weighted by molar-refractivity contribution is 0.118. The molecule has 0 aromatic carbocycles. The van der Waals surface area contributed by atoms with E-state index in [1.807, 2.05) is 0 Å². The molecule has 8 atom stereocenters. The van der Waals surface area contributed by atoms with Gasteiger partial charge in [0.25, 0.3) is 0 Å². The Bertz CT molecular complexity index is 700.